The van der Waals surface area contributed by atoms with Crippen LogP contribution in [0.15, 0.2) is 53.5 Å². The number of ether oxygens (including phenoxy) is 1. The number of rotatable bonds is 5. The fraction of sp³-hybridized carbons (Fsp3) is 0.300. The number of halogens is 1. The van der Waals surface area contributed by atoms with Crippen LogP contribution >= 0.6 is 11.8 Å². The molecule has 0 atom stereocenters. The molecule has 2 aromatic carbocycles. The van der Waals surface area contributed by atoms with Crippen molar-refractivity contribution in [1.82, 2.24) is 4.90 Å². The van der Waals surface area contributed by atoms with Gasteiger partial charge in [-0.25, -0.2) is 4.39 Å². The van der Waals surface area contributed by atoms with Crippen LogP contribution in [0.5, 0.6) is 5.75 Å². The predicted octanol–water partition coefficient (Wildman–Crippen LogP) is 4.36. The van der Waals surface area contributed by atoms with E-state index in [1.165, 1.54) is 23.9 Å². The summed E-state index contributed by atoms with van der Waals surface area (Å²) in [5.74, 6) is 0.978. The van der Waals surface area contributed by atoms with Crippen LogP contribution in [-0.2, 0) is 5.75 Å². The lowest BCUT2D eigenvalue weighted by molar-refractivity contribution is 0.0860. The second kappa shape index (κ2) is 8.36. The molecule has 0 aliphatic carbocycles. The topological polar surface area (TPSA) is 41.9 Å². The van der Waals surface area contributed by atoms with E-state index in [0.29, 0.717) is 29.6 Å². The van der Waals surface area contributed by atoms with Crippen molar-refractivity contribution in [2.45, 2.75) is 25.7 Å². The maximum atomic E-state index is 13.3. The summed E-state index contributed by atoms with van der Waals surface area (Å²) in [7, 11) is 0. The maximum Gasteiger partial charge on any atom is 0.259 e. The first-order valence-corrected chi connectivity index (χ1v) is 9.52. The number of hydrogen-bond acceptors (Lipinski definition) is 4. The van der Waals surface area contributed by atoms with Crippen LogP contribution in [0.3, 0.4) is 0 Å². The number of nitrogens with zero attached hydrogens (tertiary/aromatic N) is 2. The molecule has 3 rings (SSSR count). The molecule has 26 heavy (non-hydrogen) atoms. The number of carbonyl (C=O) groups excluding carboxylic acids is 1. The van der Waals surface area contributed by atoms with E-state index in [4.69, 9.17) is 4.74 Å². The lowest BCUT2D eigenvalue weighted by Gasteiger charge is -2.18. The molecule has 0 fully saturated rings. The summed E-state index contributed by atoms with van der Waals surface area (Å²) in [6.07, 6.45) is 0.0908. The molecule has 0 bridgehead atoms. The van der Waals surface area contributed by atoms with E-state index in [1.807, 2.05) is 19.9 Å². The third-order valence-electron chi connectivity index (χ3n) is 3.78. The Labute approximate surface area is 157 Å². The van der Waals surface area contributed by atoms with Crippen molar-refractivity contribution in [3.63, 3.8) is 0 Å². The largest absolute Gasteiger partial charge is 0.491 e. The molecule has 1 heterocycles. The van der Waals surface area contributed by atoms with Crippen molar-refractivity contribution < 1.29 is 13.9 Å². The van der Waals surface area contributed by atoms with E-state index >= 15 is 0 Å². The third-order valence-corrected chi connectivity index (χ3v) is 4.86. The summed E-state index contributed by atoms with van der Waals surface area (Å²) in [5.41, 5.74) is 1.47. The van der Waals surface area contributed by atoms with Crippen LogP contribution in [0.25, 0.3) is 0 Å². The molecule has 6 heteroatoms. The second-order valence-electron chi connectivity index (χ2n) is 6.23. The normalized spacial score (nSPS) is 13.8. The minimum Gasteiger partial charge on any atom is -0.491 e. The van der Waals surface area contributed by atoms with Crippen LogP contribution in [-0.4, -0.2) is 35.2 Å². The molecule has 2 aromatic rings. The zero-order valence-electron chi connectivity index (χ0n) is 14.8. The predicted molar refractivity (Wildman–Crippen MR) is 103 cm³/mol. The monoisotopic (exact) mass is 372 g/mol. The highest BCUT2D eigenvalue weighted by Gasteiger charge is 2.25. The average molecular weight is 372 g/mol. The van der Waals surface area contributed by atoms with Crippen LogP contribution in [0, 0.1) is 5.82 Å². The van der Waals surface area contributed by atoms with Crippen molar-refractivity contribution in [2.24, 2.45) is 4.99 Å². The molecular formula is C20H21FN2O2S. The maximum absolute atomic E-state index is 13.3. The Hall–Kier alpha value is -2.34. The standard InChI is InChI=1S/C20H21FN2O2S/c1-14(2)25-18-8-6-16(7-9-18)19(24)23-11-10-22-20(23)26-13-15-4-3-5-17(21)12-15/h3-9,12,14H,10-11,13H2,1-2H3. The van der Waals surface area contributed by atoms with Gasteiger partial charge in [-0.2, -0.15) is 0 Å². The van der Waals surface area contributed by atoms with Crippen molar-refractivity contribution in [3.05, 3.63) is 65.5 Å². The van der Waals surface area contributed by atoms with E-state index in [-0.39, 0.29) is 17.8 Å². The van der Waals surface area contributed by atoms with Gasteiger partial charge >= 0.3 is 0 Å². The first-order chi connectivity index (χ1) is 12.5. The minimum absolute atomic E-state index is 0.0795. The Morgan fingerprint density at radius 1 is 1.27 bits per heavy atom. The Balaban J connectivity index is 1.64. The van der Waals surface area contributed by atoms with Gasteiger partial charge < -0.3 is 4.74 Å². The molecule has 0 spiro atoms. The Morgan fingerprint density at radius 3 is 2.73 bits per heavy atom. The van der Waals surface area contributed by atoms with E-state index in [2.05, 4.69) is 4.99 Å². The number of hydrogen-bond donors (Lipinski definition) is 0. The van der Waals surface area contributed by atoms with Crippen LogP contribution in [0.2, 0.25) is 0 Å². The van der Waals surface area contributed by atoms with E-state index in [1.54, 1.807) is 35.2 Å². The van der Waals surface area contributed by atoms with Gasteiger partial charge in [0.15, 0.2) is 5.17 Å². The van der Waals surface area contributed by atoms with Crippen molar-refractivity contribution in [1.29, 1.82) is 0 Å². The molecule has 4 nitrogen and oxygen atoms in total. The highest BCUT2D eigenvalue weighted by Crippen LogP contribution is 2.22. The molecule has 0 saturated carbocycles. The zero-order chi connectivity index (χ0) is 18.5. The number of amides is 1. The lowest BCUT2D eigenvalue weighted by Crippen LogP contribution is -2.32. The molecule has 1 amide bonds. The fourth-order valence-electron chi connectivity index (χ4n) is 2.62. The number of carbonyl (C=O) groups is 1. The summed E-state index contributed by atoms with van der Waals surface area (Å²) in [4.78, 5) is 18.9. The van der Waals surface area contributed by atoms with Gasteiger partial charge in [0.2, 0.25) is 0 Å². The molecule has 0 N–H and O–H groups in total. The smallest absolute Gasteiger partial charge is 0.259 e. The molecule has 0 unspecified atom stereocenters. The van der Waals surface area contributed by atoms with Crippen LogP contribution in [0.1, 0.15) is 29.8 Å². The molecule has 0 radical (unpaired) electrons. The SMILES string of the molecule is CC(C)Oc1ccc(C(=O)N2CCN=C2SCc2cccc(F)c2)cc1. The minimum atomic E-state index is -0.256. The van der Waals surface area contributed by atoms with Gasteiger partial charge in [0.05, 0.1) is 12.6 Å². The first-order valence-electron chi connectivity index (χ1n) is 8.53. The number of benzene rings is 2. The fourth-order valence-corrected chi connectivity index (χ4v) is 3.61. The highest BCUT2D eigenvalue weighted by atomic mass is 32.2. The number of thioether (sulfide) groups is 1. The lowest BCUT2D eigenvalue weighted by atomic mass is 10.2. The molecule has 1 aliphatic heterocycles. The quantitative estimate of drug-likeness (QED) is 0.783. The molecular weight excluding hydrogens is 351 g/mol. The molecule has 136 valence electrons. The number of aliphatic imine (C=N–C) groups is 1. The van der Waals surface area contributed by atoms with Gasteiger partial charge in [0, 0.05) is 17.9 Å². The Bertz CT molecular complexity index is 806. The van der Waals surface area contributed by atoms with Gasteiger partial charge in [-0.15, -0.1) is 0 Å². The van der Waals surface area contributed by atoms with Crippen molar-refractivity contribution in [3.8, 4) is 5.75 Å². The molecule has 1 aliphatic rings. The third kappa shape index (κ3) is 4.64. The van der Waals surface area contributed by atoms with Gasteiger partial charge in [-0.1, -0.05) is 23.9 Å². The van der Waals surface area contributed by atoms with Crippen LogP contribution < -0.4 is 4.74 Å². The van der Waals surface area contributed by atoms with Gasteiger partial charge in [-0.05, 0) is 55.8 Å². The van der Waals surface area contributed by atoms with Gasteiger partial charge in [0.25, 0.3) is 5.91 Å². The summed E-state index contributed by atoms with van der Waals surface area (Å²) >= 11 is 1.45. The average Bonchev–Trinajstić information content (AvgIpc) is 3.08. The van der Waals surface area contributed by atoms with E-state index in [0.717, 1.165) is 11.3 Å². The highest BCUT2D eigenvalue weighted by molar-refractivity contribution is 8.13. The Morgan fingerprint density at radius 2 is 2.04 bits per heavy atom. The number of amidine groups is 1. The zero-order valence-corrected chi connectivity index (χ0v) is 15.6. The Kier molecular flexibility index (Phi) is 5.93. The van der Waals surface area contributed by atoms with Gasteiger partial charge in [0.1, 0.15) is 11.6 Å². The molecule has 0 saturated heterocycles. The second-order valence-corrected chi connectivity index (χ2v) is 7.17. The van der Waals surface area contributed by atoms with E-state index < -0.39 is 0 Å². The van der Waals surface area contributed by atoms with Crippen molar-refractivity contribution >= 4 is 22.8 Å². The molecule has 0 aromatic heterocycles. The summed E-state index contributed by atoms with van der Waals surface area (Å²) in [5, 5.41) is 0.682. The summed E-state index contributed by atoms with van der Waals surface area (Å²) in [6.45, 7) is 5.07. The van der Waals surface area contributed by atoms with Crippen molar-refractivity contribution in [2.75, 3.05) is 13.1 Å². The first kappa shape index (κ1) is 18.5. The van der Waals surface area contributed by atoms with Crippen LogP contribution in [0.4, 0.5) is 4.39 Å². The van der Waals surface area contributed by atoms with Gasteiger partial charge in [-0.3, -0.25) is 14.7 Å². The summed E-state index contributed by atoms with van der Waals surface area (Å²) < 4.78 is 18.9. The summed E-state index contributed by atoms with van der Waals surface area (Å²) in [6, 6.07) is 13.6. The van der Waals surface area contributed by atoms with E-state index in [9.17, 15) is 9.18 Å².